The maximum absolute atomic E-state index is 12.0. The van der Waals surface area contributed by atoms with Gasteiger partial charge in [0.25, 0.3) is 0 Å². The molecule has 2 aromatic carbocycles. The fraction of sp³-hybridized carbons (Fsp3) is 0.0625. The largest absolute Gasteiger partial charge is 0.449 e. The van der Waals surface area contributed by atoms with Crippen LogP contribution in [0.2, 0.25) is 0 Å². The summed E-state index contributed by atoms with van der Waals surface area (Å²) in [5, 5.41) is 0.895. The van der Waals surface area contributed by atoms with Crippen LogP contribution in [0.5, 0.6) is 0 Å². The van der Waals surface area contributed by atoms with E-state index >= 15 is 0 Å². The molecule has 0 radical (unpaired) electrons. The van der Waals surface area contributed by atoms with E-state index in [4.69, 9.17) is 16.3 Å². The molecule has 1 aromatic heterocycles. The van der Waals surface area contributed by atoms with Crippen molar-refractivity contribution in [1.29, 1.82) is 0 Å². The molecule has 0 amide bonds. The van der Waals surface area contributed by atoms with E-state index in [1.165, 1.54) is 4.68 Å². The predicted molar refractivity (Wildman–Crippen MR) is 80.2 cm³/mol. The summed E-state index contributed by atoms with van der Waals surface area (Å²) in [4.78, 5) is 12.0. The van der Waals surface area contributed by atoms with E-state index < -0.39 is 6.10 Å². The van der Waals surface area contributed by atoms with E-state index in [1.807, 2.05) is 42.5 Å². The molecule has 1 unspecified atom stereocenters. The first kappa shape index (κ1) is 11.8. The number of cyclic esters (lactones) is 1. The number of nitrogen functional groups attached to an aromatic ring is 2. The molecular weight excluding hydrogens is 266 g/mol. The first-order valence-corrected chi connectivity index (χ1v) is 6.62. The van der Waals surface area contributed by atoms with Gasteiger partial charge in [-0.15, -0.1) is 0 Å². The second kappa shape index (κ2) is 4.02. The van der Waals surface area contributed by atoms with Gasteiger partial charge in [0.2, 0.25) is 0 Å². The van der Waals surface area contributed by atoms with Crippen molar-refractivity contribution in [2.24, 2.45) is 0 Å². The quantitative estimate of drug-likeness (QED) is 0.528. The SMILES string of the molecule is Nc1c(C2OC(=O)c3ccccc32)c2ccccc2n1N. The molecule has 0 bridgehead atoms. The number of para-hydroxylation sites is 1. The number of aromatic nitrogens is 1. The molecule has 1 atom stereocenters. The van der Waals surface area contributed by atoms with Gasteiger partial charge < -0.3 is 16.3 Å². The molecule has 4 N–H and O–H groups in total. The third kappa shape index (κ3) is 1.48. The highest BCUT2D eigenvalue weighted by Crippen LogP contribution is 2.42. The van der Waals surface area contributed by atoms with Crippen LogP contribution < -0.4 is 11.6 Å². The highest BCUT2D eigenvalue weighted by atomic mass is 16.5. The average Bonchev–Trinajstić information content (AvgIpc) is 2.97. The van der Waals surface area contributed by atoms with E-state index in [0.717, 1.165) is 22.0 Å². The van der Waals surface area contributed by atoms with Crippen molar-refractivity contribution in [2.45, 2.75) is 6.10 Å². The number of ether oxygens (including phenoxy) is 1. The normalized spacial score (nSPS) is 17.0. The number of carbonyl (C=O) groups is 1. The Morgan fingerprint density at radius 1 is 1.05 bits per heavy atom. The molecule has 0 aliphatic carbocycles. The van der Waals surface area contributed by atoms with Crippen molar-refractivity contribution >= 4 is 22.7 Å². The topological polar surface area (TPSA) is 83.3 Å². The maximum Gasteiger partial charge on any atom is 0.339 e. The standard InChI is InChI=1S/C16H13N3O2/c17-15-13(11-7-3-4-8-12(11)19(15)18)14-9-5-1-2-6-10(9)16(20)21-14/h1-8,14H,17-18H2. The van der Waals surface area contributed by atoms with Crippen LogP contribution in [0.3, 0.4) is 0 Å². The van der Waals surface area contributed by atoms with Crippen molar-refractivity contribution in [1.82, 2.24) is 4.68 Å². The van der Waals surface area contributed by atoms with Crippen LogP contribution >= 0.6 is 0 Å². The number of fused-ring (bicyclic) bond motifs is 2. The molecule has 2 heterocycles. The monoisotopic (exact) mass is 279 g/mol. The lowest BCUT2D eigenvalue weighted by atomic mass is 9.98. The summed E-state index contributed by atoms with van der Waals surface area (Å²) in [5.41, 5.74) is 9.10. The predicted octanol–water partition coefficient (Wildman–Crippen LogP) is 2.20. The fourth-order valence-corrected chi connectivity index (χ4v) is 2.94. The van der Waals surface area contributed by atoms with E-state index in [-0.39, 0.29) is 5.97 Å². The van der Waals surface area contributed by atoms with Crippen molar-refractivity contribution in [3.8, 4) is 0 Å². The van der Waals surface area contributed by atoms with E-state index in [9.17, 15) is 4.79 Å². The molecule has 0 fully saturated rings. The molecule has 0 saturated carbocycles. The van der Waals surface area contributed by atoms with Crippen molar-refractivity contribution in [3.63, 3.8) is 0 Å². The zero-order valence-electron chi connectivity index (χ0n) is 11.1. The summed E-state index contributed by atoms with van der Waals surface area (Å²) < 4.78 is 6.96. The average molecular weight is 279 g/mol. The molecule has 1 aliphatic rings. The van der Waals surface area contributed by atoms with E-state index in [1.54, 1.807) is 6.07 Å². The van der Waals surface area contributed by atoms with Gasteiger partial charge in [0.15, 0.2) is 6.10 Å². The van der Waals surface area contributed by atoms with Crippen molar-refractivity contribution < 1.29 is 9.53 Å². The molecule has 3 aromatic rings. The smallest absolute Gasteiger partial charge is 0.339 e. The summed E-state index contributed by atoms with van der Waals surface area (Å²) in [7, 11) is 0. The number of hydrogen-bond acceptors (Lipinski definition) is 4. The Morgan fingerprint density at radius 3 is 2.62 bits per heavy atom. The Hall–Kier alpha value is -2.95. The minimum Gasteiger partial charge on any atom is -0.449 e. The van der Waals surface area contributed by atoms with Gasteiger partial charge in [-0.2, -0.15) is 0 Å². The number of nitrogens with two attached hydrogens (primary N) is 2. The Morgan fingerprint density at radius 2 is 1.76 bits per heavy atom. The number of anilines is 1. The molecule has 5 heteroatoms. The van der Waals surface area contributed by atoms with E-state index in [2.05, 4.69) is 0 Å². The highest BCUT2D eigenvalue weighted by molar-refractivity contribution is 5.97. The van der Waals surface area contributed by atoms with Crippen LogP contribution in [-0.4, -0.2) is 10.6 Å². The summed E-state index contributed by atoms with van der Waals surface area (Å²) in [6, 6.07) is 15.0. The maximum atomic E-state index is 12.0. The third-order valence-corrected chi connectivity index (χ3v) is 3.94. The van der Waals surface area contributed by atoms with Crippen LogP contribution in [0.25, 0.3) is 10.9 Å². The number of carbonyl (C=O) groups excluding carboxylic acids is 1. The van der Waals surface area contributed by atoms with Gasteiger partial charge in [0.05, 0.1) is 11.1 Å². The summed E-state index contributed by atoms with van der Waals surface area (Å²) >= 11 is 0. The molecule has 1 aliphatic heterocycles. The first-order valence-electron chi connectivity index (χ1n) is 6.62. The Kier molecular flexibility index (Phi) is 2.27. The number of esters is 1. The molecule has 5 nitrogen and oxygen atoms in total. The molecule has 21 heavy (non-hydrogen) atoms. The van der Waals surface area contributed by atoms with Gasteiger partial charge in [0, 0.05) is 16.5 Å². The fourth-order valence-electron chi connectivity index (χ4n) is 2.94. The van der Waals surface area contributed by atoms with Crippen LogP contribution in [0.15, 0.2) is 48.5 Å². The molecule has 0 saturated heterocycles. The van der Waals surface area contributed by atoms with Gasteiger partial charge in [-0.05, 0) is 12.1 Å². The van der Waals surface area contributed by atoms with Crippen LogP contribution in [0, 0.1) is 0 Å². The summed E-state index contributed by atoms with van der Waals surface area (Å²) in [6.07, 6.45) is -0.511. The molecule has 4 rings (SSSR count). The number of rotatable bonds is 1. The third-order valence-electron chi connectivity index (χ3n) is 3.94. The molecule has 0 spiro atoms. The Bertz CT molecular complexity index is 882. The summed E-state index contributed by atoms with van der Waals surface area (Å²) in [6.45, 7) is 0. The minimum absolute atomic E-state index is 0.330. The lowest BCUT2D eigenvalue weighted by Crippen LogP contribution is -2.13. The van der Waals surface area contributed by atoms with Crippen LogP contribution in [0.1, 0.15) is 27.6 Å². The van der Waals surface area contributed by atoms with Crippen molar-refractivity contribution in [3.05, 3.63) is 65.2 Å². The van der Waals surface area contributed by atoms with Gasteiger partial charge in [-0.3, -0.25) is 0 Å². The highest BCUT2D eigenvalue weighted by Gasteiger charge is 2.35. The van der Waals surface area contributed by atoms with Gasteiger partial charge in [-0.1, -0.05) is 36.4 Å². The van der Waals surface area contributed by atoms with Gasteiger partial charge in [-0.25, -0.2) is 9.47 Å². The minimum atomic E-state index is -0.511. The second-order valence-electron chi connectivity index (χ2n) is 5.06. The second-order valence-corrected chi connectivity index (χ2v) is 5.06. The van der Waals surface area contributed by atoms with Crippen LogP contribution in [0.4, 0.5) is 5.82 Å². The number of nitrogens with zero attached hydrogens (tertiary/aromatic N) is 1. The van der Waals surface area contributed by atoms with E-state index in [0.29, 0.717) is 11.4 Å². The number of benzene rings is 2. The van der Waals surface area contributed by atoms with Crippen LogP contribution in [-0.2, 0) is 4.74 Å². The number of hydrogen-bond donors (Lipinski definition) is 2. The lowest BCUT2D eigenvalue weighted by molar-refractivity contribution is 0.0459. The van der Waals surface area contributed by atoms with Gasteiger partial charge >= 0.3 is 5.97 Å². The van der Waals surface area contributed by atoms with Crippen molar-refractivity contribution in [2.75, 3.05) is 11.6 Å². The summed E-state index contributed by atoms with van der Waals surface area (Å²) in [5.74, 6) is 6.09. The Labute approximate surface area is 120 Å². The molecule has 104 valence electrons. The first-order chi connectivity index (χ1) is 10.2. The molecular formula is C16H13N3O2. The Balaban J connectivity index is 2.01. The lowest BCUT2D eigenvalue weighted by Gasteiger charge is -2.11. The zero-order valence-corrected chi connectivity index (χ0v) is 11.1. The van der Waals surface area contributed by atoms with Gasteiger partial charge in [0.1, 0.15) is 5.82 Å². The zero-order chi connectivity index (χ0) is 14.6.